The molecule has 2 heterocycles. The van der Waals surface area contributed by atoms with Crippen LogP contribution in [0.5, 0.6) is 5.75 Å². The molecule has 1 aliphatic heterocycles. The fourth-order valence-electron chi connectivity index (χ4n) is 4.34. The second-order valence-corrected chi connectivity index (χ2v) is 9.61. The van der Waals surface area contributed by atoms with E-state index in [1.54, 1.807) is 12.1 Å². The van der Waals surface area contributed by atoms with Crippen LogP contribution in [0.2, 0.25) is 5.02 Å². The van der Waals surface area contributed by atoms with Crippen LogP contribution >= 0.6 is 11.6 Å². The van der Waals surface area contributed by atoms with Crippen molar-refractivity contribution < 1.29 is 24.3 Å². The molecule has 0 bridgehead atoms. The lowest BCUT2D eigenvalue weighted by Crippen LogP contribution is -2.46. The van der Waals surface area contributed by atoms with Gasteiger partial charge in [-0.1, -0.05) is 28.9 Å². The van der Waals surface area contributed by atoms with Gasteiger partial charge < -0.3 is 24.8 Å². The first-order valence-corrected chi connectivity index (χ1v) is 12.3. The maximum absolute atomic E-state index is 12.2. The summed E-state index contributed by atoms with van der Waals surface area (Å²) in [6, 6.07) is 8.77. The number of aliphatic hydroxyl groups is 2. The Morgan fingerprint density at radius 3 is 2.72 bits per heavy atom. The third-order valence-corrected chi connectivity index (χ3v) is 6.44. The first-order chi connectivity index (χ1) is 17.3. The van der Waals surface area contributed by atoms with E-state index in [9.17, 15) is 4.79 Å². The molecule has 0 spiro atoms. The maximum atomic E-state index is 12.2. The summed E-state index contributed by atoms with van der Waals surface area (Å²) in [5.41, 5.74) is 5.06. The second-order valence-electron chi connectivity index (χ2n) is 9.20. The van der Waals surface area contributed by atoms with E-state index >= 15 is 0 Å². The van der Waals surface area contributed by atoms with Crippen molar-refractivity contribution in [3.63, 3.8) is 0 Å². The number of aromatic nitrogens is 2. The van der Waals surface area contributed by atoms with E-state index in [1.165, 1.54) is 5.56 Å². The van der Waals surface area contributed by atoms with Crippen LogP contribution < -0.4 is 10.1 Å². The van der Waals surface area contributed by atoms with Gasteiger partial charge in [0, 0.05) is 24.2 Å². The van der Waals surface area contributed by atoms with Gasteiger partial charge >= 0.3 is 0 Å². The smallest absolute Gasteiger partial charge is 0.258 e. The third-order valence-electron chi connectivity index (χ3n) is 6.15. The van der Waals surface area contributed by atoms with Crippen LogP contribution in [0.1, 0.15) is 30.5 Å². The van der Waals surface area contributed by atoms with Crippen molar-refractivity contribution >= 4 is 17.5 Å². The SMILES string of the molecule is Cc1c(-c2noc(-c3ccc(OC(C)C)c(Cl)c3)n2)ccc2c1CCN(CC(=O)NC(CO)CO)C2. The van der Waals surface area contributed by atoms with Crippen molar-refractivity contribution in [1.82, 2.24) is 20.4 Å². The summed E-state index contributed by atoms with van der Waals surface area (Å²) in [6.45, 7) is 6.89. The molecule has 0 fully saturated rings. The van der Waals surface area contributed by atoms with Gasteiger partial charge in [-0.05, 0) is 62.1 Å². The lowest BCUT2D eigenvalue weighted by Gasteiger charge is -2.30. The number of fused-ring (bicyclic) bond motifs is 1. The minimum absolute atomic E-state index is 0.0180. The molecule has 1 aliphatic rings. The standard InChI is InChI=1S/C26H31ClN4O5/c1-15(2)35-23-7-5-17(10-22(23)27)26-29-25(30-36-26)21-6-4-18-11-31(9-8-20(18)16(21)3)12-24(34)28-19(13-32)14-33/h4-7,10,15,19,32-33H,8-9,11-14H2,1-3H3,(H,28,34). The predicted octanol–water partition coefficient (Wildman–Crippen LogP) is 2.98. The molecule has 2 aromatic carbocycles. The number of carbonyl (C=O) groups excluding carboxylic acids is 1. The number of aliphatic hydroxyl groups excluding tert-OH is 2. The van der Waals surface area contributed by atoms with Crippen LogP contribution in [0.3, 0.4) is 0 Å². The van der Waals surface area contributed by atoms with Gasteiger partial charge in [0.25, 0.3) is 5.89 Å². The van der Waals surface area contributed by atoms with Crippen LogP contribution in [-0.4, -0.2) is 69.6 Å². The van der Waals surface area contributed by atoms with Gasteiger partial charge in [0.05, 0.1) is 36.9 Å². The summed E-state index contributed by atoms with van der Waals surface area (Å²) in [5.74, 6) is 1.27. The number of nitrogens with zero attached hydrogens (tertiary/aromatic N) is 3. The molecule has 4 rings (SSSR count). The van der Waals surface area contributed by atoms with Gasteiger partial charge in [0.2, 0.25) is 11.7 Å². The van der Waals surface area contributed by atoms with Gasteiger partial charge in [-0.25, -0.2) is 0 Å². The average molecular weight is 515 g/mol. The van der Waals surface area contributed by atoms with Gasteiger partial charge in [-0.15, -0.1) is 0 Å². The monoisotopic (exact) mass is 514 g/mol. The molecule has 36 heavy (non-hydrogen) atoms. The lowest BCUT2D eigenvalue weighted by molar-refractivity contribution is -0.123. The molecule has 0 radical (unpaired) electrons. The number of rotatable bonds is 9. The van der Waals surface area contributed by atoms with Gasteiger partial charge in [-0.2, -0.15) is 4.98 Å². The molecular weight excluding hydrogens is 484 g/mol. The van der Waals surface area contributed by atoms with Crippen molar-refractivity contribution in [3.05, 3.63) is 52.0 Å². The largest absolute Gasteiger partial charge is 0.489 e. The minimum Gasteiger partial charge on any atom is -0.489 e. The molecule has 9 nitrogen and oxygen atoms in total. The summed E-state index contributed by atoms with van der Waals surface area (Å²) in [5, 5.41) is 25.6. The van der Waals surface area contributed by atoms with Gasteiger partial charge in [0.15, 0.2) is 0 Å². The zero-order valence-electron chi connectivity index (χ0n) is 20.6. The Labute approximate surface area is 215 Å². The Morgan fingerprint density at radius 1 is 1.25 bits per heavy atom. The summed E-state index contributed by atoms with van der Waals surface area (Å²) < 4.78 is 11.2. The quantitative estimate of drug-likeness (QED) is 0.398. The molecule has 0 atom stereocenters. The Morgan fingerprint density at radius 2 is 2.03 bits per heavy atom. The van der Waals surface area contributed by atoms with Gasteiger partial charge in [0.1, 0.15) is 5.75 Å². The molecule has 1 aromatic heterocycles. The zero-order chi connectivity index (χ0) is 25.8. The molecular formula is C26H31ClN4O5. The van der Waals surface area contributed by atoms with Crippen LogP contribution in [0, 0.1) is 6.92 Å². The van der Waals surface area contributed by atoms with E-state index in [0.717, 1.165) is 23.1 Å². The number of amides is 1. The molecule has 3 N–H and O–H groups in total. The van der Waals surface area contributed by atoms with E-state index in [-0.39, 0.29) is 31.8 Å². The van der Waals surface area contributed by atoms with E-state index < -0.39 is 6.04 Å². The highest BCUT2D eigenvalue weighted by atomic mass is 35.5. The highest BCUT2D eigenvalue weighted by Gasteiger charge is 2.23. The molecule has 1 amide bonds. The van der Waals surface area contributed by atoms with Crippen LogP contribution in [0.25, 0.3) is 22.8 Å². The lowest BCUT2D eigenvalue weighted by atomic mass is 9.91. The predicted molar refractivity (Wildman–Crippen MR) is 136 cm³/mol. The number of carbonyl (C=O) groups is 1. The fraction of sp³-hybridized carbons (Fsp3) is 0.423. The van der Waals surface area contributed by atoms with Crippen LogP contribution in [0.15, 0.2) is 34.9 Å². The first kappa shape index (κ1) is 26.1. The number of benzene rings is 2. The van der Waals surface area contributed by atoms with Crippen molar-refractivity contribution in [3.8, 4) is 28.6 Å². The highest BCUT2D eigenvalue weighted by Crippen LogP contribution is 2.33. The van der Waals surface area contributed by atoms with E-state index in [1.807, 2.05) is 36.9 Å². The summed E-state index contributed by atoms with van der Waals surface area (Å²) in [6.07, 6.45) is 0.799. The average Bonchev–Trinajstić information content (AvgIpc) is 3.33. The van der Waals surface area contributed by atoms with Gasteiger partial charge in [-0.3, -0.25) is 9.69 Å². The van der Waals surface area contributed by atoms with Crippen LogP contribution in [-0.2, 0) is 17.8 Å². The van der Waals surface area contributed by atoms with Crippen molar-refractivity contribution in [2.45, 2.75) is 45.9 Å². The summed E-state index contributed by atoms with van der Waals surface area (Å²) >= 11 is 6.37. The summed E-state index contributed by atoms with van der Waals surface area (Å²) in [7, 11) is 0. The maximum Gasteiger partial charge on any atom is 0.258 e. The molecule has 3 aromatic rings. The highest BCUT2D eigenvalue weighted by molar-refractivity contribution is 6.32. The zero-order valence-corrected chi connectivity index (χ0v) is 21.4. The van der Waals surface area contributed by atoms with Crippen molar-refractivity contribution in [2.75, 3.05) is 26.3 Å². The van der Waals surface area contributed by atoms with E-state index in [0.29, 0.717) is 41.1 Å². The normalized spacial score (nSPS) is 13.8. The van der Waals surface area contributed by atoms with Crippen molar-refractivity contribution in [1.29, 1.82) is 0 Å². The Balaban J connectivity index is 1.48. The molecule has 10 heteroatoms. The Hall–Kier alpha value is -2.98. The van der Waals surface area contributed by atoms with E-state index in [4.69, 9.17) is 31.1 Å². The van der Waals surface area contributed by atoms with Crippen molar-refractivity contribution in [2.24, 2.45) is 0 Å². The molecule has 0 saturated carbocycles. The second kappa shape index (κ2) is 11.4. The Kier molecular flexibility index (Phi) is 8.25. The Bertz CT molecular complexity index is 1230. The third kappa shape index (κ3) is 5.87. The number of nitrogens with one attached hydrogen (secondary N) is 1. The molecule has 192 valence electrons. The number of ether oxygens (including phenoxy) is 1. The molecule has 0 aliphatic carbocycles. The van der Waals surface area contributed by atoms with Crippen LogP contribution in [0.4, 0.5) is 0 Å². The fourth-order valence-corrected chi connectivity index (χ4v) is 4.56. The first-order valence-electron chi connectivity index (χ1n) is 11.9. The number of halogens is 1. The number of hydrogen-bond acceptors (Lipinski definition) is 8. The molecule has 0 saturated heterocycles. The topological polar surface area (TPSA) is 121 Å². The summed E-state index contributed by atoms with van der Waals surface area (Å²) in [4.78, 5) is 18.9. The minimum atomic E-state index is -0.637. The van der Waals surface area contributed by atoms with E-state index in [2.05, 4.69) is 22.4 Å². The molecule has 0 unspecified atom stereocenters. The number of hydrogen-bond donors (Lipinski definition) is 3.